The monoisotopic (exact) mass is 446 g/mol. The van der Waals surface area contributed by atoms with E-state index in [2.05, 4.69) is 10.6 Å². The van der Waals surface area contributed by atoms with Gasteiger partial charge in [0, 0.05) is 0 Å². The van der Waals surface area contributed by atoms with Crippen LogP contribution in [0.25, 0.3) is 0 Å². The molecule has 8 nitrogen and oxygen atoms in total. The van der Waals surface area contributed by atoms with E-state index in [-0.39, 0.29) is 23.0 Å². The number of fused-ring (bicyclic) bond motifs is 2. The van der Waals surface area contributed by atoms with E-state index >= 15 is 0 Å². The number of thiophene rings is 2. The molecule has 0 spiro atoms. The van der Waals surface area contributed by atoms with Crippen LogP contribution in [0.2, 0.25) is 0 Å². The summed E-state index contributed by atoms with van der Waals surface area (Å²) in [7, 11) is 1.26. The van der Waals surface area contributed by atoms with E-state index in [4.69, 9.17) is 4.74 Å². The highest BCUT2D eigenvalue weighted by Gasteiger charge is 2.51. The van der Waals surface area contributed by atoms with Gasteiger partial charge in [0.1, 0.15) is 10.0 Å². The molecule has 30 heavy (non-hydrogen) atoms. The number of carboxylic acid groups (broad SMARTS) is 1. The first-order valence-electron chi connectivity index (χ1n) is 9.17. The summed E-state index contributed by atoms with van der Waals surface area (Å²) in [4.78, 5) is 49.1. The molecule has 0 aromatic carbocycles. The lowest BCUT2D eigenvalue weighted by atomic mass is 9.82. The molecule has 2 bridgehead atoms. The predicted octanol–water partition coefficient (Wildman–Crippen LogP) is 3.31. The van der Waals surface area contributed by atoms with Gasteiger partial charge in [0.05, 0.1) is 30.1 Å². The molecule has 1 fully saturated rings. The second-order valence-electron chi connectivity index (χ2n) is 7.10. The summed E-state index contributed by atoms with van der Waals surface area (Å²) < 4.78 is 4.70. The first-order chi connectivity index (χ1) is 14.4. The molecule has 4 rings (SSSR count). The number of hydrogen-bond donors (Lipinski definition) is 3. The van der Waals surface area contributed by atoms with Crippen molar-refractivity contribution in [3.63, 3.8) is 0 Å². The molecule has 156 valence electrons. The van der Waals surface area contributed by atoms with Gasteiger partial charge in [-0.05, 0) is 41.1 Å². The minimum absolute atomic E-state index is 0.109. The molecular formula is C20H18N2O6S2. The number of ether oxygens (including phenoxy) is 1. The SMILES string of the molecule is COC(=O)c1ccsc1NC(=O)c1ccsc1NC(=O)[C@@H]1[C@@H](C(=O)O)[C@H]2C=C[C@H]1C2. The van der Waals surface area contributed by atoms with E-state index in [0.29, 0.717) is 16.4 Å². The molecule has 3 N–H and O–H groups in total. The molecule has 0 unspecified atom stereocenters. The number of rotatable bonds is 6. The van der Waals surface area contributed by atoms with E-state index in [9.17, 15) is 24.3 Å². The molecule has 10 heteroatoms. The Kier molecular flexibility index (Phi) is 5.44. The Balaban J connectivity index is 1.50. The molecular weight excluding hydrogens is 428 g/mol. The lowest BCUT2D eigenvalue weighted by molar-refractivity contribution is -0.146. The molecule has 2 aromatic heterocycles. The molecule has 2 aromatic rings. The van der Waals surface area contributed by atoms with Crippen molar-refractivity contribution in [1.82, 2.24) is 0 Å². The van der Waals surface area contributed by atoms with Crippen molar-refractivity contribution in [1.29, 1.82) is 0 Å². The number of aliphatic carboxylic acids is 1. The third-order valence-corrected chi connectivity index (χ3v) is 7.15. The van der Waals surface area contributed by atoms with Gasteiger partial charge in [-0.2, -0.15) is 0 Å². The van der Waals surface area contributed by atoms with Crippen molar-refractivity contribution in [2.24, 2.45) is 23.7 Å². The molecule has 2 aliphatic carbocycles. The number of methoxy groups -OCH3 is 1. The van der Waals surface area contributed by atoms with Crippen molar-refractivity contribution in [3.05, 3.63) is 46.2 Å². The number of esters is 1. The van der Waals surface area contributed by atoms with Crippen LogP contribution in [0.15, 0.2) is 35.0 Å². The van der Waals surface area contributed by atoms with Crippen molar-refractivity contribution in [2.75, 3.05) is 17.7 Å². The van der Waals surface area contributed by atoms with Crippen LogP contribution in [0.1, 0.15) is 27.1 Å². The van der Waals surface area contributed by atoms with Crippen LogP contribution in [0.5, 0.6) is 0 Å². The standard InChI is InChI=1S/C20H18N2O6S2/c1-28-20(27)12-5-7-30-18(12)21-15(23)11-4-6-29-17(11)22-16(24)13-9-2-3-10(8-9)14(13)19(25)26/h2-7,9-10,13-14H,8H2,1H3,(H,21,23)(H,22,24)(H,25,26)/t9-,10-,13-,14-/m0/s1. The maximum Gasteiger partial charge on any atom is 0.340 e. The molecule has 0 radical (unpaired) electrons. The minimum atomic E-state index is -0.982. The first-order valence-corrected chi connectivity index (χ1v) is 10.9. The summed E-state index contributed by atoms with van der Waals surface area (Å²) in [5, 5.41) is 19.0. The maximum absolute atomic E-state index is 12.9. The normalized spacial score (nSPS) is 23.9. The highest BCUT2D eigenvalue weighted by atomic mass is 32.1. The molecule has 4 atom stereocenters. The zero-order valence-corrected chi connectivity index (χ0v) is 17.4. The van der Waals surface area contributed by atoms with Crippen LogP contribution in [0.4, 0.5) is 10.0 Å². The van der Waals surface area contributed by atoms with Crippen LogP contribution in [0.3, 0.4) is 0 Å². The Bertz CT molecular complexity index is 1060. The second-order valence-corrected chi connectivity index (χ2v) is 8.93. The summed E-state index contributed by atoms with van der Waals surface area (Å²) in [6, 6.07) is 3.12. The number of carbonyl (C=O) groups is 4. The van der Waals surface area contributed by atoms with Gasteiger partial charge in [0.25, 0.3) is 5.91 Å². The van der Waals surface area contributed by atoms with Crippen LogP contribution in [-0.4, -0.2) is 36.0 Å². The van der Waals surface area contributed by atoms with Crippen molar-refractivity contribution in [2.45, 2.75) is 6.42 Å². The fourth-order valence-electron chi connectivity index (χ4n) is 4.14. The Morgan fingerprint density at radius 1 is 0.967 bits per heavy atom. The third-order valence-electron chi connectivity index (χ3n) is 5.49. The van der Waals surface area contributed by atoms with Crippen molar-refractivity contribution < 1.29 is 29.0 Å². The minimum Gasteiger partial charge on any atom is -0.481 e. The zero-order chi connectivity index (χ0) is 21.4. The number of carbonyl (C=O) groups excluding carboxylic acids is 3. The van der Waals surface area contributed by atoms with Gasteiger partial charge in [-0.1, -0.05) is 12.2 Å². The summed E-state index contributed by atoms with van der Waals surface area (Å²) in [5.41, 5.74) is 0.484. The summed E-state index contributed by atoms with van der Waals surface area (Å²) in [5.74, 6) is -4.10. The van der Waals surface area contributed by atoms with Crippen LogP contribution in [-0.2, 0) is 14.3 Å². The third kappa shape index (κ3) is 3.52. The largest absolute Gasteiger partial charge is 0.481 e. The quantitative estimate of drug-likeness (QED) is 0.462. The zero-order valence-electron chi connectivity index (χ0n) is 15.8. The lowest BCUT2D eigenvalue weighted by Gasteiger charge is -2.23. The fraction of sp³-hybridized carbons (Fsp3) is 0.300. The molecule has 2 aliphatic rings. The van der Waals surface area contributed by atoms with Gasteiger partial charge in [-0.25, -0.2) is 4.79 Å². The predicted molar refractivity (Wildman–Crippen MR) is 112 cm³/mol. The van der Waals surface area contributed by atoms with Crippen molar-refractivity contribution >= 4 is 56.4 Å². The highest BCUT2D eigenvalue weighted by Crippen LogP contribution is 2.48. The van der Waals surface area contributed by atoms with Gasteiger partial charge < -0.3 is 20.5 Å². The Morgan fingerprint density at radius 3 is 2.20 bits per heavy atom. The van der Waals surface area contributed by atoms with Crippen molar-refractivity contribution in [3.8, 4) is 0 Å². The average molecular weight is 447 g/mol. The van der Waals surface area contributed by atoms with E-state index in [1.54, 1.807) is 22.9 Å². The number of amides is 2. The van der Waals surface area contributed by atoms with Gasteiger partial charge in [0.15, 0.2) is 0 Å². The van der Waals surface area contributed by atoms with Crippen LogP contribution < -0.4 is 10.6 Å². The molecule has 0 aliphatic heterocycles. The van der Waals surface area contributed by atoms with Crippen LogP contribution >= 0.6 is 22.7 Å². The smallest absolute Gasteiger partial charge is 0.340 e. The van der Waals surface area contributed by atoms with Gasteiger partial charge in [0.2, 0.25) is 5.91 Å². The Labute approximate surface area is 179 Å². The number of carboxylic acids is 1. The fourth-order valence-corrected chi connectivity index (χ4v) is 5.70. The van der Waals surface area contributed by atoms with Crippen LogP contribution in [0, 0.1) is 23.7 Å². The average Bonchev–Trinajstić information content (AvgIpc) is 3.50. The van der Waals surface area contributed by atoms with Gasteiger partial charge >= 0.3 is 11.9 Å². The van der Waals surface area contributed by atoms with Gasteiger partial charge in [-0.15, -0.1) is 22.7 Å². The highest BCUT2D eigenvalue weighted by molar-refractivity contribution is 7.15. The topological polar surface area (TPSA) is 122 Å². The number of nitrogens with one attached hydrogen (secondary N) is 2. The van der Waals surface area contributed by atoms with Gasteiger partial charge in [-0.3, -0.25) is 14.4 Å². The first kappa shape index (κ1) is 20.3. The second kappa shape index (κ2) is 8.04. The summed E-state index contributed by atoms with van der Waals surface area (Å²) in [6.45, 7) is 0. The Hall–Kier alpha value is -2.98. The van der Waals surface area contributed by atoms with E-state index in [0.717, 1.165) is 0 Å². The summed E-state index contributed by atoms with van der Waals surface area (Å²) >= 11 is 2.36. The Morgan fingerprint density at radius 2 is 1.57 bits per heavy atom. The number of hydrogen-bond acceptors (Lipinski definition) is 7. The number of anilines is 2. The molecule has 0 saturated heterocycles. The van der Waals surface area contributed by atoms with E-state index in [1.807, 2.05) is 12.2 Å². The number of allylic oxidation sites excluding steroid dienone is 2. The lowest BCUT2D eigenvalue weighted by Crippen LogP contribution is -2.36. The maximum atomic E-state index is 12.9. The molecule has 2 amide bonds. The van der Waals surface area contributed by atoms with E-state index in [1.165, 1.54) is 29.8 Å². The summed E-state index contributed by atoms with van der Waals surface area (Å²) in [6.07, 6.45) is 4.43. The molecule has 2 heterocycles. The molecule has 1 saturated carbocycles. The van der Waals surface area contributed by atoms with E-state index < -0.39 is 35.6 Å².